The molecule has 1 fully saturated rings. The molecule has 0 aliphatic carbocycles. The summed E-state index contributed by atoms with van der Waals surface area (Å²) in [6.45, 7) is 2.49. The van der Waals surface area contributed by atoms with Crippen LogP contribution in [-0.4, -0.2) is 24.6 Å². The number of aromatic nitrogens is 1. The Hall–Kier alpha value is -1.16. The van der Waals surface area contributed by atoms with Crippen LogP contribution in [0.1, 0.15) is 19.3 Å². The van der Waals surface area contributed by atoms with Gasteiger partial charge in [0, 0.05) is 19.3 Å². The van der Waals surface area contributed by atoms with Gasteiger partial charge in [-0.3, -0.25) is 0 Å². The van der Waals surface area contributed by atoms with Gasteiger partial charge < -0.3 is 10.6 Å². The molecule has 3 nitrogen and oxygen atoms in total. The fourth-order valence-corrected chi connectivity index (χ4v) is 2.34. The molecule has 2 rings (SSSR count). The molecule has 1 aromatic heterocycles. The third-order valence-corrected chi connectivity index (χ3v) is 3.13. The first-order valence-electron chi connectivity index (χ1n) is 5.87. The highest BCUT2D eigenvalue weighted by Crippen LogP contribution is 2.24. The first-order chi connectivity index (χ1) is 7.81. The summed E-state index contributed by atoms with van der Waals surface area (Å²) in [7, 11) is 0. The van der Waals surface area contributed by atoms with Crippen LogP contribution in [0.5, 0.6) is 0 Å². The Morgan fingerprint density at radius 1 is 1.56 bits per heavy atom. The van der Waals surface area contributed by atoms with Crippen LogP contribution >= 0.6 is 0 Å². The number of nitrogens with two attached hydrogens (primary N) is 1. The summed E-state index contributed by atoms with van der Waals surface area (Å²) in [5.74, 6) is 0.847. The molecular weight excluding hydrogens is 205 g/mol. The third kappa shape index (κ3) is 2.50. The normalized spacial score (nSPS) is 21.1. The average molecular weight is 223 g/mol. The van der Waals surface area contributed by atoms with Gasteiger partial charge >= 0.3 is 0 Å². The second-order valence-electron chi connectivity index (χ2n) is 4.34. The second kappa shape index (κ2) is 5.25. The molecule has 0 bridgehead atoms. The number of hydrogen-bond donors (Lipinski definition) is 1. The van der Waals surface area contributed by atoms with Gasteiger partial charge in [-0.05, 0) is 43.9 Å². The summed E-state index contributed by atoms with van der Waals surface area (Å²) >= 11 is 0. The van der Waals surface area contributed by atoms with Crippen molar-refractivity contribution in [3.05, 3.63) is 24.1 Å². The lowest BCUT2D eigenvalue weighted by molar-refractivity contribution is 0.391. The number of halogens is 1. The number of pyridine rings is 1. The van der Waals surface area contributed by atoms with E-state index in [1.54, 1.807) is 12.3 Å². The summed E-state index contributed by atoms with van der Waals surface area (Å²) in [6.07, 6.45) is 4.96. The second-order valence-corrected chi connectivity index (χ2v) is 4.34. The van der Waals surface area contributed by atoms with E-state index in [1.807, 2.05) is 4.90 Å². The summed E-state index contributed by atoms with van der Waals surface area (Å²) in [5.41, 5.74) is 5.57. The van der Waals surface area contributed by atoms with E-state index >= 15 is 0 Å². The molecule has 0 saturated carbocycles. The number of rotatable bonds is 3. The topological polar surface area (TPSA) is 42.1 Å². The van der Waals surface area contributed by atoms with Crippen molar-refractivity contribution >= 4 is 5.82 Å². The van der Waals surface area contributed by atoms with Crippen LogP contribution in [0.4, 0.5) is 10.2 Å². The zero-order valence-electron chi connectivity index (χ0n) is 9.40. The number of anilines is 1. The van der Waals surface area contributed by atoms with Gasteiger partial charge in [0.15, 0.2) is 11.6 Å². The van der Waals surface area contributed by atoms with Crippen LogP contribution in [0.15, 0.2) is 18.3 Å². The highest BCUT2D eigenvalue weighted by Gasteiger charge is 2.21. The Morgan fingerprint density at radius 2 is 2.44 bits per heavy atom. The minimum absolute atomic E-state index is 0.226. The van der Waals surface area contributed by atoms with Gasteiger partial charge in [0.25, 0.3) is 0 Å². The van der Waals surface area contributed by atoms with E-state index in [4.69, 9.17) is 5.73 Å². The van der Waals surface area contributed by atoms with Crippen molar-refractivity contribution in [2.24, 2.45) is 11.7 Å². The van der Waals surface area contributed by atoms with Crippen LogP contribution < -0.4 is 10.6 Å². The van der Waals surface area contributed by atoms with E-state index < -0.39 is 0 Å². The molecule has 0 aromatic carbocycles. The summed E-state index contributed by atoms with van der Waals surface area (Å²) in [5, 5.41) is 0. The van der Waals surface area contributed by atoms with Crippen molar-refractivity contribution in [1.29, 1.82) is 0 Å². The maximum absolute atomic E-state index is 13.6. The molecule has 1 atom stereocenters. The number of nitrogens with zero attached hydrogens (tertiary/aromatic N) is 2. The minimum Gasteiger partial charge on any atom is -0.354 e. The maximum atomic E-state index is 13.6. The first kappa shape index (κ1) is 11.3. The molecule has 1 aliphatic heterocycles. The lowest BCUT2D eigenvalue weighted by atomic mass is 9.95. The van der Waals surface area contributed by atoms with Gasteiger partial charge in [-0.2, -0.15) is 0 Å². The quantitative estimate of drug-likeness (QED) is 0.849. The molecular formula is C12H18FN3. The van der Waals surface area contributed by atoms with E-state index in [2.05, 4.69) is 4.98 Å². The van der Waals surface area contributed by atoms with Crippen molar-refractivity contribution in [2.75, 3.05) is 24.5 Å². The Balaban J connectivity index is 2.07. The lowest BCUT2D eigenvalue weighted by Crippen LogP contribution is -2.37. The summed E-state index contributed by atoms with van der Waals surface area (Å²) < 4.78 is 13.6. The predicted octanol–water partition coefficient (Wildman–Crippen LogP) is 1.79. The summed E-state index contributed by atoms with van der Waals surface area (Å²) in [4.78, 5) is 6.16. The smallest absolute Gasteiger partial charge is 0.165 e. The third-order valence-electron chi connectivity index (χ3n) is 3.13. The van der Waals surface area contributed by atoms with Crippen molar-refractivity contribution in [3.63, 3.8) is 0 Å². The van der Waals surface area contributed by atoms with Crippen LogP contribution in [0, 0.1) is 11.7 Å². The Labute approximate surface area is 95.5 Å². The van der Waals surface area contributed by atoms with Gasteiger partial charge in [0.2, 0.25) is 0 Å². The molecule has 1 aliphatic rings. The van der Waals surface area contributed by atoms with Gasteiger partial charge in [-0.25, -0.2) is 9.37 Å². The van der Waals surface area contributed by atoms with E-state index in [0.717, 1.165) is 25.9 Å². The molecule has 2 heterocycles. The molecule has 1 unspecified atom stereocenters. The van der Waals surface area contributed by atoms with E-state index in [1.165, 1.54) is 12.5 Å². The zero-order valence-corrected chi connectivity index (χ0v) is 9.40. The van der Waals surface area contributed by atoms with E-state index in [-0.39, 0.29) is 5.82 Å². The average Bonchev–Trinajstić information content (AvgIpc) is 2.30. The fraction of sp³-hybridized carbons (Fsp3) is 0.583. The molecule has 1 saturated heterocycles. The number of hydrogen-bond acceptors (Lipinski definition) is 3. The van der Waals surface area contributed by atoms with Crippen LogP contribution in [0.25, 0.3) is 0 Å². The molecule has 0 spiro atoms. The maximum Gasteiger partial charge on any atom is 0.165 e. The Morgan fingerprint density at radius 3 is 3.19 bits per heavy atom. The predicted molar refractivity (Wildman–Crippen MR) is 62.8 cm³/mol. The van der Waals surface area contributed by atoms with Crippen LogP contribution in [0.3, 0.4) is 0 Å². The minimum atomic E-state index is -0.226. The highest BCUT2D eigenvalue weighted by molar-refractivity contribution is 5.40. The lowest BCUT2D eigenvalue weighted by Gasteiger charge is -2.33. The van der Waals surface area contributed by atoms with Crippen LogP contribution in [-0.2, 0) is 0 Å². The molecule has 16 heavy (non-hydrogen) atoms. The van der Waals surface area contributed by atoms with E-state index in [9.17, 15) is 4.39 Å². The molecule has 2 N–H and O–H groups in total. The van der Waals surface area contributed by atoms with Crippen molar-refractivity contribution in [3.8, 4) is 0 Å². The van der Waals surface area contributed by atoms with Crippen molar-refractivity contribution in [2.45, 2.75) is 19.3 Å². The molecule has 0 radical (unpaired) electrons. The Kier molecular flexibility index (Phi) is 3.72. The van der Waals surface area contributed by atoms with Crippen molar-refractivity contribution < 1.29 is 4.39 Å². The SMILES string of the molecule is NCCC1CCCN(c2ncccc2F)C1. The molecule has 4 heteroatoms. The fourth-order valence-electron chi connectivity index (χ4n) is 2.34. The number of piperidine rings is 1. The Bertz CT molecular complexity index is 341. The first-order valence-corrected chi connectivity index (χ1v) is 5.87. The zero-order chi connectivity index (χ0) is 11.4. The molecule has 88 valence electrons. The van der Waals surface area contributed by atoms with Gasteiger partial charge in [0.1, 0.15) is 0 Å². The van der Waals surface area contributed by atoms with Gasteiger partial charge in [-0.15, -0.1) is 0 Å². The van der Waals surface area contributed by atoms with E-state index in [0.29, 0.717) is 18.3 Å². The van der Waals surface area contributed by atoms with Crippen LogP contribution in [0.2, 0.25) is 0 Å². The highest BCUT2D eigenvalue weighted by atomic mass is 19.1. The largest absolute Gasteiger partial charge is 0.354 e. The molecule has 0 amide bonds. The standard InChI is InChI=1S/C12H18FN3/c13-11-4-1-7-15-12(11)16-8-2-3-10(9-16)5-6-14/h1,4,7,10H,2-3,5-6,8-9,14H2. The summed E-state index contributed by atoms with van der Waals surface area (Å²) in [6, 6.07) is 3.09. The van der Waals surface area contributed by atoms with Gasteiger partial charge in [-0.1, -0.05) is 0 Å². The molecule has 1 aromatic rings. The monoisotopic (exact) mass is 223 g/mol. The van der Waals surface area contributed by atoms with Gasteiger partial charge in [0.05, 0.1) is 0 Å². The van der Waals surface area contributed by atoms with Crippen molar-refractivity contribution in [1.82, 2.24) is 4.98 Å².